The van der Waals surface area contributed by atoms with Gasteiger partial charge < -0.3 is 9.47 Å². The van der Waals surface area contributed by atoms with Crippen LogP contribution in [0.15, 0.2) is 41.3 Å². The minimum Gasteiger partial charge on any atom is -0.493 e. The molecule has 1 N–H and O–H groups in total. The predicted molar refractivity (Wildman–Crippen MR) is 117 cm³/mol. The quantitative estimate of drug-likeness (QED) is 0.692. The highest BCUT2D eigenvalue weighted by atomic mass is 32.2. The second-order valence-electron chi connectivity index (χ2n) is 7.83. The summed E-state index contributed by atoms with van der Waals surface area (Å²) in [7, 11) is -4.92. The smallest absolute Gasteiger partial charge is 0.262 e. The number of hydrogen-bond acceptors (Lipinski definition) is 7. The van der Waals surface area contributed by atoms with Gasteiger partial charge in [-0.3, -0.25) is 9.52 Å². The van der Waals surface area contributed by atoms with Gasteiger partial charge in [-0.1, -0.05) is 0 Å². The molecule has 31 heavy (non-hydrogen) atoms. The third-order valence-electron chi connectivity index (χ3n) is 4.90. The third-order valence-corrected chi connectivity index (χ3v) is 8.46. The molecule has 0 spiro atoms. The van der Waals surface area contributed by atoms with Crippen LogP contribution in [-0.2, 0) is 24.8 Å². The van der Waals surface area contributed by atoms with Gasteiger partial charge in [0.1, 0.15) is 0 Å². The van der Waals surface area contributed by atoms with Gasteiger partial charge in [-0.2, -0.15) is 0 Å². The molecule has 1 aliphatic rings. The molecule has 0 bridgehead atoms. The first-order chi connectivity index (χ1) is 14.3. The molecule has 1 fully saturated rings. The summed E-state index contributed by atoms with van der Waals surface area (Å²) in [6.45, 7) is 4.65. The number of nitrogens with zero attached hydrogens (tertiary/aromatic N) is 1. The Bertz CT molecular complexity index is 1250. The van der Waals surface area contributed by atoms with Crippen molar-refractivity contribution in [2.75, 3.05) is 29.0 Å². The Balaban J connectivity index is 1.95. The fourth-order valence-corrected chi connectivity index (χ4v) is 6.81. The van der Waals surface area contributed by atoms with Crippen LogP contribution in [0, 0.1) is 12.3 Å². The van der Waals surface area contributed by atoms with Crippen LogP contribution in [-0.4, -0.2) is 42.7 Å². The third kappa shape index (κ3) is 4.19. The van der Waals surface area contributed by atoms with Gasteiger partial charge in [0.2, 0.25) is 15.9 Å². The van der Waals surface area contributed by atoms with Crippen molar-refractivity contribution in [3.05, 3.63) is 42.0 Å². The molecule has 3 rings (SSSR count). The summed E-state index contributed by atoms with van der Waals surface area (Å²) < 4.78 is 64.4. The zero-order valence-corrected chi connectivity index (χ0v) is 19.4. The molecule has 1 heterocycles. The molecule has 1 amide bonds. The first-order valence-corrected chi connectivity index (χ1v) is 12.3. The highest BCUT2D eigenvalue weighted by Gasteiger charge is 2.50. The Kier molecular flexibility index (Phi) is 5.70. The molecular formula is C20H24N2O7S2. The summed E-state index contributed by atoms with van der Waals surface area (Å²) in [5.41, 5.74) is -0.386. The number of rotatable bonds is 6. The van der Waals surface area contributed by atoms with Crippen molar-refractivity contribution in [2.24, 2.45) is 5.41 Å². The molecule has 1 saturated heterocycles. The number of carbonyl (C=O) groups is 1. The van der Waals surface area contributed by atoms with E-state index in [2.05, 4.69) is 4.72 Å². The van der Waals surface area contributed by atoms with Crippen molar-refractivity contribution in [3.8, 4) is 11.5 Å². The van der Waals surface area contributed by atoms with E-state index in [0.717, 1.165) is 4.31 Å². The van der Waals surface area contributed by atoms with E-state index < -0.39 is 31.4 Å². The molecular weight excluding hydrogens is 444 g/mol. The van der Waals surface area contributed by atoms with Crippen LogP contribution >= 0.6 is 0 Å². The van der Waals surface area contributed by atoms with E-state index in [0.29, 0.717) is 11.5 Å². The largest absolute Gasteiger partial charge is 0.493 e. The monoisotopic (exact) mass is 468 g/mol. The number of anilines is 2. The van der Waals surface area contributed by atoms with E-state index in [-0.39, 0.29) is 27.6 Å². The fourth-order valence-electron chi connectivity index (χ4n) is 3.43. The van der Waals surface area contributed by atoms with E-state index in [9.17, 15) is 21.6 Å². The average Bonchev–Trinajstić information content (AvgIpc) is 2.83. The van der Waals surface area contributed by atoms with Crippen LogP contribution in [0.4, 0.5) is 11.4 Å². The Morgan fingerprint density at radius 1 is 1.03 bits per heavy atom. The van der Waals surface area contributed by atoms with Gasteiger partial charge >= 0.3 is 0 Å². The predicted octanol–water partition coefficient (Wildman–Crippen LogP) is 2.52. The molecule has 0 aliphatic carbocycles. The summed E-state index contributed by atoms with van der Waals surface area (Å²) in [5.74, 6) is -0.0507. The van der Waals surface area contributed by atoms with E-state index in [1.807, 2.05) is 0 Å². The second kappa shape index (κ2) is 7.72. The molecule has 2 aromatic rings. The molecule has 2 aromatic carbocycles. The Morgan fingerprint density at radius 3 is 2.19 bits per heavy atom. The summed E-state index contributed by atoms with van der Waals surface area (Å²) >= 11 is 0. The van der Waals surface area contributed by atoms with E-state index in [4.69, 9.17) is 9.47 Å². The molecule has 0 atom stereocenters. The van der Waals surface area contributed by atoms with Crippen LogP contribution in [0.3, 0.4) is 0 Å². The number of aryl methyl sites for hydroxylation is 1. The van der Waals surface area contributed by atoms with Gasteiger partial charge in [-0.15, -0.1) is 0 Å². The number of ether oxygens (including phenoxy) is 2. The summed E-state index contributed by atoms with van der Waals surface area (Å²) in [4.78, 5) is 12.5. The Morgan fingerprint density at radius 2 is 1.68 bits per heavy atom. The van der Waals surface area contributed by atoms with Gasteiger partial charge in [-0.25, -0.2) is 21.1 Å². The van der Waals surface area contributed by atoms with Gasteiger partial charge in [0.05, 0.1) is 41.7 Å². The van der Waals surface area contributed by atoms with Gasteiger partial charge in [0.25, 0.3) is 10.0 Å². The number of carbonyl (C=O) groups excluding carboxylic acids is 1. The van der Waals surface area contributed by atoms with Crippen molar-refractivity contribution < 1.29 is 31.1 Å². The zero-order valence-electron chi connectivity index (χ0n) is 17.8. The number of nitrogens with one attached hydrogen (secondary N) is 1. The van der Waals surface area contributed by atoms with E-state index in [1.165, 1.54) is 51.5 Å². The SMILES string of the molecule is COc1ccc(NS(=O)(=O)c2ccc(N3C(=O)C(C)(C)CS3(=O)=O)cc2C)cc1OC. The van der Waals surface area contributed by atoms with Crippen LogP contribution in [0.5, 0.6) is 11.5 Å². The van der Waals surface area contributed by atoms with Gasteiger partial charge in [0.15, 0.2) is 11.5 Å². The van der Waals surface area contributed by atoms with Crippen LogP contribution < -0.4 is 18.5 Å². The fraction of sp³-hybridized carbons (Fsp3) is 0.350. The minimum atomic E-state index is -3.99. The molecule has 0 unspecified atom stereocenters. The first kappa shape index (κ1) is 22.9. The molecule has 11 heteroatoms. The lowest BCUT2D eigenvalue weighted by Gasteiger charge is -2.19. The van der Waals surface area contributed by atoms with Crippen molar-refractivity contribution in [1.82, 2.24) is 0 Å². The number of sulfonamides is 2. The minimum absolute atomic E-state index is 0.0469. The van der Waals surface area contributed by atoms with Crippen LogP contribution in [0.2, 0.25) is 0 Å². The molecule has 168 valence electrons. The lowest BCUT2D eigenvalue weighted by molar-refractivity contribution is -0.123. The summed E-state index contributed by atoms with van der Waals surface area (Å²) in [6.07, 6.45) is 0. The van der Waals surface area contributed by atoms with E-state index in [1.54, 1.807) is 19.9 Å². The van der Waals surface area contributed by atoms with Crippen molar-refractivity contribution in [3.63, 3.8) is 0 Å². The average molecular weight is 469 g/mol. The normalized spacial score (nSPS) is 17.5. The second-order valence-corrected chi connectivity index (χ2v) is 11.3. The number of methoxy groups -OCH3 is 2. The first-order valence-electron chi connectivity index (χ1n) is 9.25. The van der Waals surface area contributed by atoms with Gasteiger partial charge in [0, 0.05) is 6.07 Å². The highest BCUT2D eigenvalue weighted by Crippen LogP contribution is 2.37. The zero-order chi connectivity index (χ0) is 23.2. The maximum atomic E-state index is 12.9. The molecule has 0 aromatic heterocycles. The van der Waals surface area contributed by atoms with E-state index >= 15 is 0 Å². The topological polar surface area (TPSA) is 119 Å². The standard InChI is InChI=1S/C20H24N2O7S2/c1-13-10-15(22-19(23)20(2,3)12-30(22,24)25)7-9-18(13)31(26,27)21-14-6-8-16(28-4)17(11-14)29-5/h6-11,21H,12H2,1-5H3. The lowest BCUT2D eigenvalue weighted by atomic mass is 9.95. The molecule has 1 aliphatic heterocycles. The lowest BCUT2D eigenvalue weighted by Crippen LogP contribution is -2.33. The Labute approximate surface area is 182 Å². The molecule has 9 nitrogen and oxygen atoms in total. The van der Waals surface area contributed by atoms with Crippen LogP contribution in [0.25, 0.3) is 0 Å². The number of amides is 1. The van der Waals surface area contributed by atoms with Gasteiger partial charge in [-0.05, 0) is 56.7 Å². The van der Waals surface area contributed by atoms with Crippen molar-refractivity contribution >= 4 is 37.3 Å². The van der Waals surface area contributed by atoms with Crippen molar-refractivity contribution in [2.45, 2.75) is 25.7 Å². The summed E-state index contributed by atoms with van der Waals surface area (Å²) in [5, 5.41) is 0. The maximum Gasteiger partial charge on any atom is 0.262 e. The summed E-state index contributed by atoms with van der Waals surface area (Å²) in [6, 6.07) is 8.55. The molecule has 0 radical (unpaired) electrons. The number of hydrogen-bond donors (Lipinski definition) is 1. The number of benzene rings is 2. The maximum absolute atomic E-state index is 12.9. The highest BCUT2D eigenvalue weighted by molar-refractivity contribution is 7.94. The van der Waals surface area contributed by atoms with Crippen molar-refractivity contribution in [1.29, 1.82) is 0 Å². The van der Waals surface area contributed by atoms with Crippen LogP contribution in [0.1, 0.15) is 19.4 Å². The Hall–Kier alpha value is -2.79. The molecule has 0 saturated carbocycles.